The lowest BCUT2D eigenvalue weighted by molar-refractivity contribution is -0.144. The summed E-state index contributed by atoms with van der Waals surface area (Å²) < 4.78 is 9.99. The van der Waals surface area contributed by atoms with Crippen molar-refractivity contribution in [2.45, 2.75) is 84.0 Å². The molecule has 0 N–H and O–H groups in total. The molecule has 0 aliphatic heterocycles. The predicted molar refractivity (Wildman–Crippen MR) is 106 cm³/mol. The Labute approximate surface area is 160 Å². The van der Waals surface area contributed by atoms with Crippen molar-refractivity contribution in [3.8, 4) is 0 Å². The minimum Gasteiger partial charge on any atom is -0.464 e. The van der Waals surface area contributed by atoms with Gasteiger partial charge in [-0.05, 0) is 6.42 Å². The van der Waals surface area contributed by atoms with Gasteiger partial charge in [0.15, 0.2) is 0 Å². The summed E-state index contributed by atoms with van der Waals surface area (Å²) in [5.74, 6) is -0.397. The van der Waals surface area contributed by atoms with Gasteiger partial charge >= 0.3 is 12.1 Å². The van der Waals surface area contributed by atoms with Crippen LogP contribution in [0.5, 0.6) is 0 Å². The maximum atomic E-state index is 11.6. The minimum absolute atomic E-state index is 0.0891. The first-order chi connectivity index (χ1) is 12.6. The molecule has 0 rings (SSSR count). The van der Waals surface area contributed by atoms with Crippen LogP contribution in [0.3, 0.4) is 0 Å². The molecule has 1 amide bonds. The van der Waals surface area contributed by atoms with Crippen LogP contribution in [0.1, 0.15) is 84.0 Å². The molecular weight excluding hydrogens is 330 g/mol. The number of hydrogen-bond donors (Lipinski definition) is 0. The lowest BCUT2D eigenvalue weighted by atomic mass is 10.1. The second kappa shape index (κ2) is 18.3. The first kappa shape index (κ1) is 24.5. The molecule has 152 valence electrons. The highest BCUT2D eigenvalue weighted by molar-refractivity contribution is 5.77. The number of hydrogen-bond acceptors (Lipinski definition) is 4. The number of esters is 1. The van der Waals surface area contributed by atoms with E-state index in [0.717, 1.165) is 12.8 Å². The lowest BCUT2D eigenvalue weighted by Crippen LogP contribution is -2.33. The van der Waals surface area contributed by atoms with Crippen LogP contribution in [0.15, 0.2) is 12.7 Å². The van der Waals surface area contributed by atoms with E-state index in [0.29, 0.717) is 6.61 Å². The molecule has 0 aliphatic rings. The number of carbonyl (C=O) groups excluding carboxylic acids is 2. The molecule has 0 aromatic carbocycles. The predicted octanol–water partition coefficient (Wildman–Crippen LogP) is 5.49. The molecule has 0 unspecified atom stereocenters. The van der Waals surface area contributed by atoms with Crippen LogP contribution in [0.4, 0.5) is 4.79 Å². The maximum absolute atomic E-state index is 11.6. The molecule has 0 radical (unpaired) electrons. The fourth-order valence-electron chi connectivity index (χ4n) is 2.67. The highest BCUT2D eigenvalue weighted by atomic mass is 16.6. The molecule has 0 atom stereocenters. The molecule has 0 bridgehead atoms. The van der Waals surface area contributed by atoms with Crippen molar-refractivity contribution in [3.63, 3.8) is 0 Å². The van der Waals surface area contributed by atoms with E-state index in [1.807, 2.05) is 0 Å². The quantitative estimate of drug-likeness (QED) is 0.193. The van der Waals surface area contributed by atoms with Gasteiger partial charge in [0.25, 0.3) is 0 Å². The second-order valence-corrected chi connectivity index (χ2v) is 6.83. The van der Waals surface area contributed by atoms with Crippen molar-refractivity contribution < 1.29 is 19.1 Å². The molecule has 5 heteroatoms. The molecule has 0 aromatic heterocycles. The van der Waals surface area contributed by atoms with Crippen LogP contribution in [0.25, 0.3) is 0 Å². The molecule has 0 saturated heterocycles. The number of ether oxygens (including phenoxy) is 2. The van der Waals surface area contributed by atoms with E-state index >= 15 is 0 Å². The van der Waals surface area contributed by atoms with E-state index in [-0.39, 0.29) is 13.2 Å². The Morgan fingerprint density at radius 1 is 0.846 bits per heavy atom. The van der Waals surface area contributed by atoms with Crippen LogP contribution in [-0.2, 0) is 14.3 Å². The Bertz CT molecular complexity index is 371. The third kappa shape index (κ3) is 16.0. The summed E-state index contributed by atoms with van der Waals surface area (Å²) in [6.45, 7) is 6.19. The van der Waals surface area contributed by atoms with Gasteiger partial charge in [-0.15, -0.1) is 0 Å². The van der Waals surface area contributed by atoms with Crippen molar-refractivity contribution in [2.75, 3.05) is 26.8 Å². The van der Waals surface area contributed by atoms with Crippen LogP contribution in [0.2, 0.25) is 0 Å². The summed E-state index contributed by atoms with van der Waals surface area (Å²) >= 11 is 0. The zero-order chi connectivity index (χ0) is 19.5. The summed E-state index contributed by atoms with van der Waals surface area (Å²) in [6, 6.07) is 0. The van der Waals surface area contributed by atoms with Gasteiger partial charge in [0.2, 0.25) is 0 Å². The number of likely N-dealkylation sites (N-methyl/N-ethyl adjacent to an activating group) is 1. The highest BCUT2D eigenvalue weighted by Gasteiger charge is 2.14. The fraction of sp³-hybridized carbons (Fsp3) is 0.810. The Hall–Kier alpha value is -1.52. The highest BCUT2D eigenvalue weighted by Crippen LogP contribution is 2.11. The number of rotatable bonds is 17. The van der Waals surface area contributed by atoms with Gasteiger partial charge in [0, 0.05) is 7.05 Å². The standard InChI is InChI=1S/C21H39NO4/c1-4-6-7-8-9-10-11-12-13-14-15-16-18-25-20(23)19-22(3)21(24)26-17-5-2/h5H,2,4,6-19H2,1,3H3. The van der Waals surface area contributed by atoms with E-state index in [2.05, 4.69) is 13.5 Å². The second-order valence-electron chi connectivity index (χ2n) is 6.83. The van der Waals surface area contributed by atoms with Gasteiger partial charge in [0.05, 0.1) is 6.61 Å². The Morgan fingerprint density at radius 3 is 1.85 bits per heavy atom. The topological polar surface area (TPSA) is 55.8 Å². The van der Waals surface area contributed by atoms with Gasteiger partial charge in [-0.2, -0.15) is 0 Å². The molecule has 0 aromatic rings. The SMILES string of the molecule is C=CCOC(=O)N(C)CC(=O)OCCCCCCCCCCCCCC. The molecule has 0 saturated carbocycles. The lowest BCUT2D eigenvalue weighted by Gasteiger charge is -2.15. The summed E-state index contributed by atoms with van der Waals surface area (Å²) in [4.78, 5) is 24.3. The average molecular weight is 370 g/mol. The minimum atomic E-state index is -0.549. The molecule has 26 heavy (non-hydrogen) atoms. The van der Waals surface area contributed by atoms with E-state index in [1.54, 1.807) is 0 Å². The summed E-state index contributed by atoms with van der Waals surface area (Å²) in [6.07, 6.45) is 16.2. The third-order valence-electron chi connectivity index (χ3n) is 4.26. The van der Waals surface area contributed by atoms with Crippen molar-refractivity contribution in [3.05, 3.63) is 12.7 Å². The van der Waals surface area contributed by atoms with Crippen LogP contribution >= 0.6 is 0 Å². The van der Waals surface area contributed by atoms with E-state index < -0.39 is 12.1 Å². The summed E-state index contributed by atoms with van der Waals surface area (Å²) in [7, 11) is 1.51. The van der Waals surface area contributed by atoms with Crippen LogP contribution < -0.4 is 0 Å². The molecule has 0 heterocycles. The van der Waals surface area contributed by atoms with Gasteiger partial charge < -0.3 is 14.4 Å². The third-order valence-corrected chi connectivity index (χ3v) is 4.26. The first-order valence-electron chi connectivity index (χ1n) is 10.3. The monoisotopic (exact) mass is 369 g/mol. The van der Waals surface area contributed by atoms with Crippen molar-refractivity contribution >= 4 is 12.1 Å². The van der Waals surface area contributed by atoms with Crippen LogP contribution in [-0.4, -0.2) is 43.8 Å². The normalized spacial score (nSPS) is 10.4. The van der Waals surface area contributed by atoms with Crippen molar-refractivity contribution in [1.29, 1.82) is 0 Å². The van der Waals surface area contributed by atoms with Gasteiger partial charge in [-0.3, -0.25) is 4.79 Å². The van der Waals surface area contributed by atoms with Crippen molar-refractivity contribution in [1.82, 2.24) is 4.90 Å². The number of nitrogens with zero attached hydrogens (tertiary/aromatic N) is 1. The average Bonchev–Trinajstić information content (AvgIpc) is 2.63. The van der Waals surface area contributed by atoms with E-state index in [1.165, 1.54) is 82.2 Å². The summed E-state index contributed by atoms with van der Waals surface area (Å²) in [5.41, 5.74) is 0. The first-order valence-corrected chi connectivity index (χ1v) is 10.3. The Kier molecular flexibility index (Phi) is 17.2. The molecular formula is C21H39NO4. The Balaban J connectivity index is 3.37. The largest absolute Gasteiger partial charge is 0.464 e. The Morgan fingerprint density at radius 2 is 1.35 bits per heavy atom. The molecule has 0 spiro atoms. The van der Waals surface area contributed by atoms with Gasteiger partial charge in [-0.1, -0.05) is 90.2 Å². The van der Waals surface area contributed by atoms with Gasteiger partial charge in [0.1, 0.15) is 13.2 Å². The maximum Gasteiger partial charge on any atom is 0.410 e. The van der Waals surface area contributed by atoms with Crippen molar-refractivity contribution in [2.24, 2.45) is 0 Å². The number of amides is 1. The molecule has 5 nitrogen and oxygen atoms in total. The number of carbonyl (C=O) groups is 2. The summed E-state index contributed by atoms with van der Waals surface area (Å²) in [5, 5.41) is 0. The fourth-order valence-corrected chi connectivity index (χ4v) is 2.67. The van der Waals surface area contributed by atoms with Crippen LogP contribution in [0, 0.1) is 0 Å². The zero-order valence-corrected chi connectivity index (χ0v) is 17.0. The number of unbranched alkanes of at least 4 members (excludes halogenated alkanes) is 11. The zero-order valence-electron chi connectivity index (χ0n) is 17.0. The molecule has 0 fully saturated rings. The van der Waals surface area contributed by atoms with E-state index in [4.69, 9.17) is 9.47 Å². The van der Waals surface area contributed by atoms with Gasteiger partial charge in [-0.25, -0.2) is 4.79 Å². The smallest absolute Gasteiger partial charge is 0.410 e. The molecule has 0 aliphatic carbocycles. The van der Waals surface area contributed by atoms with E-state index in [9.17, 15) is 9.59 Å².